The van der Waals surface area contributed by atoms with Gasteiger partial charge >= 0.3 is 7.82 Å². The summed E-state index contributed by atoms with van der Waals surface area (Å²) in [6.07, 6.45) is 71.6. The molecular weight excluding hydrogens is 924 g/mol. The molecule has 0 aliphatic heterocycles. The Morgan fingerprint density at radius 2 is 0.740 bits per heavy atom. The van der Waals surface area contributed by atoms with Crippen LogP contribution in [0.3, 0.4) is 0 Å². The maximum atomic E-state index is 13.0. The second-order valence-electron chi connectivity index (χ2n) is 23.5. The van der Waals surface area contributed by atoms with Crippen LogP contribution >= 0.6 is 7.82 Å². The van der Waals surface area contributed by atoms with Crippen molar-refractivity contribution in [2.24, 2.45) is 0 Å². The van der Waals surface area contributed by atoms with Crippen molar-refractivity contribution in [1.29, 1.82) is 0 Å². The monoisotopic (exact) mass is 1050 g/mol. The van der Waals surface area contributed by atoms with E-state index in [9.17, 15) is 19.4 Å². The highest BCUT2D eigenvalue weighted by Gasteiger charge is 2.28. The lowest BCUT2D eigenvalue weighted by molar-refractivity contribution is -0.870. The van der Waals surface area contributed by atoms with Gasteiger partial charge in [-0.3, -0.25) is 13.8 Å². The van der Waals surface area contributed by atoms with Crippen LogP contribution in [0, 0.1) is 0 Å². The normalized spacial score (nSPS) is 13.9. The topological polar surface area (TPSA) is 105 Å². The van der Waals surface area contributed by atoms with Gasteiger partial charge in [-0.2, -0.15) is 0 Å². The third kappa shape index (κ3) is 58.5. The summed E-state index contributed by atoms with van der Waals surface area (Å²) < 4.78 is 23.8. The van der Waals surface area contributed by atoms with Gasteiger partial charge in [0.1, 0.15) is 13.2 Å². The van der Waals surface area contributed by atoms with Gasteiger partial charge in [-0.15, -0.1) is 0 Å². The largest absolute Gasteiger partial charge is 0.472 e. The molecule has 3 atom stereocenters. The first-order chi connectivity index (χ1) is 35.5. The van der Waals surface area contributed by atoms with E-state index >= 15 is 0 Å². The standard InChI is InChI=1S/C64H127N2O6P/c1-6-8-10-12-14-16-18-20-22-24-26-27-28-29-30-31-32-33-34-35-36-37-38-40-42-44-46-48-50-52-54-56-58-64(68)65-62(61-72-73(69,70)71-60-59-66(3,4)5)63(67)57-55-53-51-49-47-45-43-41-39-25-23-21-19-17-15-13-11-9-7-2/h29-30,55,57,62-63,67H,6-28,31-54,56,58-61H2,1-5H3,(H-,65,68,69,70)/p+1/b30-29-,57-55+. The molecule has 9 heteroatoms. The Labute approximate surface area is 455 Å². The summed E-state index contributed by atoms with van der Waals surface area (Å²) in [5.41, 5.74) is 0. The Bertz CT molecular complexity index is 1240. The molecule has 0 saturated carbocycles. The lowest BCUT2D eigenvalue weighted by Gasteiger charge is -2.25. The van der Waals surface area contributed by atoms with E-state index in [1.165, 1.54) is 276 Å². The number of hydrogen-bond donors (Lipinski definition) is 3. The summed E-state index contributed by atoms with van der Waals surface area (Å²) in [6, 6.07) is -0.844. The van der Waals surface area contributed by atoms with E-state index in [1.54, 1.807) is 6.08 Å². The third-order valence-electron chi connectivity index (χ3n) is 14.9. The maximum absolute atomic E-state index is 13.0. The molecule has 0 aromatic heterocycles. The zero-order chi connectivity index (χ0) is 53.5. The molecule has 0 aliphatic carbocycles. The van der Waals surface area contributed by atoms with Crippen molar-refractivity contribution in [3.63, 3.8) is 0 Å². The van der Waals surface area contributed by atoms with E-state index in [-0.39, 0.29) is 19.1 Å². The Morgan fingerprint density at radius 1 is 0.452 bits per heavy atom. The number of phosphoric ester groups is 1. The van der Waals surface area contributed by atoms with Crippen molar-refractivity contribution < 1.29 is 32.9 Å². The molecule has 0 aromatic rings. The van der Waals surface area contributed by atoms with Crippen molar-refractivity contribution >= 4 is 13.7 Å². The van der Waals surface area contributed by atoms with Crippen LogP contribution in [0.1, 0.15) is 328 Å². The molecule has 434 valence electrons. The first-order valence-electron chi connectivity index (χ1n) is 32.2. The number of likely N-dealkylation sites (N-methyl/N-ethyl adjacent to an activating group) is 1. The number of quaternary nitrogens is 1. The molecule has 0 heterocycles. The highest BCUT2D eigenvalue weighted by Crippen LogP contribution is 2.43. The van der Waals surface area contributed by atoms with Crippen molar-refractivity contribution in [2.75, 3.05) is 40.9 Å². The fraction of sp³-hybridized carbons (Fsp3) is 0.922. The Balaban J connectivity index is 4.04. The Morgan fingerprint density at radius 3 is 1.05 bits per heavy atom. The van der Waals surface area contributed by atoms with E-state index in [4.69, 9.17) is 9.05 Å². The fourth-order valence-corrected chi connectivity index (χ4v) is 10.6. The van der Waals surface area contributed by atoms with Gasteiger partial charge in [0, 0.05) is 6.42 Å². The molecule has 1 amide bonds. The van der Waals surface area contributed by atoms with Crippen molar-refractivity contribution in [3.05, 3.63) is 24.3 Å². The summed E-state index contributed by atoms with van der Waals surface area (Å²) >= 11 is 0. The number of aliphatic hydroxyl groups is 1. The highest BCUT2D eigenvalue weighted by molar-refractivity contribution is 7.47. The number of nitrogens with zero attached hydrogens (tertiary/aromatic N) is 1. The lowest BCUT2D eigenvalue weighted by atomic mass is 10.0. The lowest BCUT2D eigenvalue weighted by Crippen LogP contribution is -2.45. The number of carbonyl (C=O) groups is 1. The molecule has 3 unspecified atom stereocenters. The molecule has 0 rings (SSSR count). The first kappa shape index (κ1) is 72.0. The van der Waals surface area contributed by atoms with E-state index in [1.807, 2.05) is 27.2 Å². The molecule has 0 aromatic carbocycles. The summed E-state index contributed by atoms with van der Waals surface area (Å²) in [4.78, 5) is 23.4. The molecular formula is C64H128N2O6P+. The van der Waals surface area contributed by atoms with Crippen LogP contribution < -0.4 is 5.32 Å². The fourth-order valence-electron chi connectivity index (χ4n) is 9.86. The average molecular weight is 1050 g/mol. The van der Waals surface area contributed by atoms with E-state index in [2.05, 4.69) is 31.3 Å². The number of phosphoric acid groups is 1. The highest BCUT2D eigenvalue weighted by atomic mass is 31.2. The van der Waals surface area contributed by atoms with E-state index in [0.29, 0.717) is 17.4 Å². The van der Waals surface area contributed by atoms with Gasteiger partial charge in [-0.25, -0.2) is 4.57 Å². The van der Waals surface area contributed by atoms with E-state index < -0.39 is 20.0 Å². The number of nitrogens with one attached hydrogen (secondary N) is 1. The van der Waals surface area contributed by atoms with E-state index in [0.717, 1.165) is 32.1 Å². The van der Waals surface area contributed by atoms with Crippen molar-refractivity contribution in [1.82, 2.24) is 5.32 Å². The van der Waals surface area contributed by atoms with Crippen molar-refractivity contribution in [3.8, 4) is 0 Å². The second kappa shape index (κ2) is 55.7. The number of amides is 1. The smallest absolute Gasteiger partial charge is 0.387 e. The predicted octanol–water partition coefficient (Wildman–Crippen LogP) is 19.9. The summed E-state index contributed by atoms with van der Waals surface area (Å²) in [5, 5.41) is 14.0. The van der Waals surface area contributed by atoms with Gasteiger partial charge in [-0.05, 0) is 44.9 Å². The summed E-state index contributed by atoms with van der Waals surface area (Å²) in [5.74, 6) is -0.170. The van der Waals surface area contributed by atoms with Gasteiger partial charge in [0.05, 0.1) is 39.9 Å². The minimum Gasteiger partial charge on any atom is -0.387 e. The van der Waals surface area contributed by atoms with Crippen LogP contribution in [0.5, 0.6) is 0 Å². The molecule has 0 fully saturated rings. The Kier molecular flexibility index (Phi) is 54.9. The molecule has 8 nitrogen and oxygen atoms in total. The number of rotatable bonds is 60. The Hall–Kier alpha value is -1.02. The van der Waals surface area contributed by atoms with Crippen LogP contribution in [0.4, 0.5) is 0 Å². The van der Waals surface area contributed by atoms with Crippen LogP contribution in [-0.4, -0.2) is 73.4 Å². The SMILES string of the molecule is CCCCCCCCCCCCCC/C=C\CCCCCCCCCCCCCCCCCCC(=O)NC(COP(=O)(O)OCC[N+](C)(C)C)C(O)/C=C/CCCCCCCCCCCCCCCCCCC. The average Bonchev–Trinajstić information content (AvgIpc) is 3.35. The molecule has 0 spiro atoms. The van der Waals surface area contributed by atoms with Gasteiger partial charge in [0.15, 0.2) is 0 Å². The quantitative estimate of drug-likeness (QED) is 0.0243. The zero-order valence-corrected chi connectivity index (χ0v) is 50.5. The summed E-state index contributed by atoms with van der Waals surface area (Å²) in [7, 11) is 1.59. The molecule has 3 N–H and O–H groups in total. The van der Waals surface area contributed by atoms with Crippen molar-refractivity contribution in [2.45, 2.75) is 341 Å². The molecule has 0 radical (unpaired) electrons. The molecule has 0 bridgehead atoms. The van der Waals surface area contributed by atoms with Crippen LogP contribution in [0.2, 0.25) is 0 Å². The number of hydrogen-bond acceptors (Lipinski definition) is 5. The first-order valence-corrected chi connectivity index (χ1v) is 33.7. The number of unbranched alkanes of at least 4 members (excludes halogenated alkanes) is 45. The molecule has 0 saturated heterocycles. The van der Waals surface area contributed by atoms with Gasteiger partial charge in [0.25, 0.3) is 0 Å². The molecule has 0 aliphatic rings. The van der Waals surface area contributed by atoms with Crippen LogP contribution in [0.25, 0.3) is 0 Å². The maximum Gasteiger partial charge on any atom is 0.472 e. The van der Waals surface area contributed by atoms with Crippen LogP contribution in [0.15, 0.2) is 24.3 Å². The number of aliphatic hydroxyl groups excluding tert-OH is 1. The van der Waals surface area contributed by atoms with Crippen LogP contribution in [-0.2, 0) is 18.4 Å². The number of allylic oxidation sites excluding steroid dienone is 3. The van der Waals surface area contributed by atoms with Gasteiger partial charge in [0.2, 0.25) is 5.91 Å². The van der Waals surface area contributed by atoms with Gasteiger partial charge < -0.3 is 19.8 Å². The molecule has 73 heavy (non-hydrogen) atoms. The zero-order valence-electron chi connectivity index (χ0n) is 49.7. The minimum absolute atomic E-state index is 0.0640. The second-order valence-corrected chi connectivity index (χ2v) is 24.9. The minimum atomic E-state index is -4.35. The third-order valence-corrected chi connectivity index (χ3v) is 15.9. The summed E-state index contributed by atoms with van der Waals surface area (Å²) in [6.45, 7) is 4.87. The van der Waals surface area contributed by atoms with Gasteiger partial charge in [-0.1, -0.05) is 301 Å². The number of carbonyl (C=O) groups excluding carboxylic acids is 1. The predicted molar refractivity (Wildman–Crippen MR) is 318 cm³/mol.